The van der Waals surface area contributed by atoms with Crippen LogP contribution in [0, 0.1) is 17.8 Å². The molecule has 1 saturated heterocycles. The van der Waals surface area contributed by atoms with Gasteiger partial charge in [-0.1, -0.05) is 60.5 Å². The van der Waals surface area contributed by atoms with Crippen LogP contribution in [0.5, 0.6) is 0 Å². The molecule has 2 aromatic carbocycles. The van der Waals surface area contributed by atoms with Crippen LogP contribution in [-0.4, -0.2) is 23.1 Å². The van der Waals surface area contributed by atoms with E-state index >= 15 is 0 Å². The van der Waals surface area contributed by atoms with E-state index in [0.29, 0.717) is 10.0 Å². The van der Waals surface area contributed by atoms with Crippen molar-refractivity contribution in [3.8, 4) is 0 Å². The Morgan fingerprint density at radius 1 is 1.09 bits per heavy atom. The minimum absolute atomic E-state index is 0.00345. The number of allylic oxidation sites excluding steroid dienone is 1. The minimum Gasteiger partial charge on any atom is -0.325 e. The number of nitrogens with zero attached hydrogens (tertiary/aromatic N) is 1. The third-order valence-corrected chi connectivity index (χ3v) is 7.59. The van der Waals surface area contributed by atoms with Crippen LogP contribution in [0.3, 0.4) is 0 Å². The Bertz CT molecular complexity index is 985. The van der Waals surface area contributed by atoms with Crippen molar-refractivity contribution in [1.82, 2.24) is 4.90 Å². The molecule has 2 fully saturated rings. The summed E-state index contributed by atoms with van der Waals surface area (Å²) < 4.78 is 0. The number of halogens is 2. The molecule has 0 radical (unpaired) electrons. The van der Waals surface area contributed by atoms with Crippen molar-refractivity contribution in [2.75, 3.05) is 0 Å². The molecule has 3 nitrogen and oxygen atoms in total. The highest BCUT2D eigenvalue weighted by Gasteiger charge is 2.51. The van der Waals surface area contributed by atoms with E-state index in [1.807, 2.05) is 60.4 Å². The van der Waals surface area contributed by atoms with Crippen LogP contribution >= 0.6 is 23.2 Å². The van der Waals surface area contributed by atoms with E-state index in [4.69, 9.17) is 23.2 Å². The van der Waals surface area contributed by atoms with E-state index in [1.54, 1.807) is 0 Å². The van der Waals surface area contributed by atoms with Gasteiger partial charge in [0.15, 0.2) is 0 Å². The number of amides is 1. The average molecular weight is 470 g/mol. The van der Waals surface area contributed by atoms with Gasteiger partial charge in [-0.25, -0.2) is 0 Å². The van der Waals surface area contributed by atoms with Crippen molar-refractivity contribution in [3.63, 3.8) is 0 Å². The number of piperidine rings is 1. The molecule has 1 amide bonds. The molecule has 5 heteroatoms. The van der Waals surface area contributed by atoms with Gasteiger partial charge >= 0.3 is 0 Å². The highest BCUT2D eigenvalue weighted by Crippen LogP contribution is 2.53. The molecule has 1 aliphatic carbocycles. The summed E-state index contributed by atoms with van der Waals surface area (Å²) >= 11 is 12.6. The molecule has 2 unspecified atom stereocenters. The zero-order valence-corrected chi connectivity index (χ0v) is 19.8. The van der Waals surface area contributed by atoms with Crippen LogP contribution in [-0.2, 0) is 9.59 Å². The monoisotopic (exact) mass is 469 g/mol. The molecule has 0 bridgehead atoms. The maximum absolute atomic E-state index is 13.8. The summed E-state index contributed by atoms with van der Waals surface area (Å²) in [5.74, 6) is 0.194. The topological polar surface area (TPSA) is 37.4 Å². The van der Waals surface area contributed by atoms with Crippen LogP contribution in [0.15, 0.2) is 61.2 Å². The Morgan fingerprint density at radius 2 is 1.81 bits per heavy atom. The lowest BCUT2D eigenvalue weighted by Gasteiger charge is -2.51. The number of carbonyl (C=O) groups is 2. The first-order chi connectivity index (χ1) is 15.5. The summed E-state index contributed by atoms with van der Waals surface area (Å²) in [7, 11) is 0. The van der Waals surface area contributed by atoms with Gasteiger partial charge in [-0.05, 0) is 72.9 Å². The van der Waals surface area contributed by atoms with E-state index in [1.165, 1.54) is 0 Å². The van der Waals surface area contributed by atoms with Crippen LogP contribution in [0.4, 0.5) is 0 Å². The van der Waals surface area contributed by atoms with Crippen molar-refractivity contribution in [2.24, 2.45) is 17.8 Å². The molecule has 1 saturated carbocycles. The van der Waals surface area contributed by atoms with Crippen molar-refractivity contribution in [3.05, 3.63) is 82.4 Å². The van der Waals surface area contributed by atoms with Crippen LogP contribution in [0.1, 0.15) is 55.7 Å². The second kappa shape index (κ2) is 9.80. The lowest BCUT2D eigenvalue weighted by molar-refractivity contribution is -0.153. The van der Waals surface area contributed by atoms with Gasteiger partial charge < -0.3 is 9.69 Å². The maximum atomic E-state index is 13.8. The van der Waals surface area contributed by atoms with Crippen molar-refractivity contribution in [1.29, 1.82) is 0 Å². The molecule has 2 aliphatic rings. The molecule has 5 atom stereocenters. The third kappa shape index (κ3) is 4.51. The summed E-state index contributed by atoms with van der Waals surface area (Å²) in [6, 6.07) is 14.9. The molecular formula is C27H29Cl2NO2. The first kappa shape index (κ1) is 23.1. The lowest BCUT2D eigenvalue weighted by atomic mass is 9.66. The smallest absolute Gasteiger partial charge is 0.226 e. The van der Waals surface area contributed by atoms with Gasteiger partial charge in [0.1, 0.15) is 6.29 Å². The quantitative estimate of drug-likeness (QED) is 0.312. The fraction of sp³-hybridized carbons (Fsp3) is 0.407. The average Bonchev–Trinajstić information content (AvgIpc) is 3.62. The minimum atomic E-state index is -0.410. The molecule has 0 aromatic heterocycles. The normalized spacial score (nSPS) is 26.6. The van der Waals surface area contributed by atoms with Gasteiger partial charge in [0.2, 0.25) is 5.91 Å². The summed E-state index contributed by atoms with van der Waals surface area (Å²) in [4.78, 5) is 28.0. The standard InChI is InChI=1S/C27H29Cl2NO2/c1-3-4-8-23-17(2)27(32)30(24(16-31)18-9-10-18)26(19-11-13-21(28)14-12-19)25(23)20-6-5-7-22(29)15-20/h3,5-7,11-18,23-26H,1,4,8-10H2,2H3/t17?,23?,24-,25+,26-/m1/s1. The molecule has 4 rings (SSSR count). The second-order valence-electron chi connectivity index (χ2n) is 9.11. The number of likely N-dealkylation sites (tertiary alicyclic amines) is 1. The lowest BCUT2D eigenvalue weighted by Crippen LogP contribution is -2.55. The van der Waals surface area contributed by atoms with Gasteiger partial charge in [0.25, 0.3) is 0 Å². The molecule has 0 N–H and O–H groups in total. The van der Waals surface area contributed by atoms with Gasteiger partial charge in [-0.15, -0.1) is 6.58 Å². The Balaban J connectivity index is 1.90. The molecule has 1 aliphatic heterocycles. The number of rotatable bonds is 8. The Kier molecular flexibility index (Phi) is 7.07. The van der Waals surface area contributed by atoms with Crippen molar-refractivity contribution in [2.45, 2.75) is 50.6 Å². The van der Waals surface area contributed by atoms with Crippen LogP contribution < -0.4 is 0 Å². The molecular weight excluding hydrogens is 441 g/mol. The third-order valence-electron chi connectivity index (χ3n) is 7.10. The Hall–Kier alpha value is -2.10. The van der Waals surface area contributed by atoms with Crippen molar-refractivity contribution < 1.29 is 9.59 Å². The highest BCUT2D eigenvalue weighted by molar-refractivity contribution is 6.30. The molecule has 1 heterocycles. The summed E-state index contributed by atoms with van der Waals surface area (Å²) in [6.07, 6.45) is 6.53. The fourth-order valence-corrected chi connectivity index (χ4v) is 5.68. The summed E-state index contributed by atoms with van der Waals surface area (Å²) in [6.45, 7) is 5.91. The number of hydrogen-bond acceptors (Lipinski definition) is 2. The molecule has 32 heavy (non-hydrogen) atoms. The van der Waals surface area contributed by atoms with Gasteiger partial charge in [-0.3, -0.25) is 4.79 Å². The molecule has 2 aromatic rings. The van der Waals surface area contributed by atoms with Crippen LogP contribution in [0.2, 0.25) is 10.0 Å². The van der Waals surface area contributed by atoms with Gasteiger partial charge in [0, 0.05) is 21.9 Å². The zero-order valence-electron chi connectivity index (χ0n) is 18.3. The van der Waals surface area contributed by atoms with E-state index in [9.17, 15) is 9.59 Å². The number of benzene rings is 2. The molecule has 168 valence electrons. The molecule has 0 spiro atoms. The first-order valence-electron chi connectivity index (χ1n) is 11.4. The summed E-state index contributed by atoms with van der Waals surface area (Å²) in [5.41, 5.74) is 2.09. The number of aldehydes is 1. The predicted octanol–water partition coefficient (Wildman–Crippen LogP) is 6.86. The van der Waals surface area contributed by atoms with Crippen LogP contribution in [0.25, 0.3) is 0 Å². The van der Waals surface area contributed by atoms with E-state index < -0.39 is 6.04 Å². The van der Waals surface area contributed by atoms with E-state index in [-0.39, 0.29) is 35.6 Å². The SMILES string of the molecule is C=CCCC1C(C)C(=O)N([C@H](C=O)C2CC2)[C@H](c2ccc(Cl)cc2)[C@H]1c1cccc(Cl)c1. The highest BCUT2D eigenvalue weighted by atomic mass is 35.5. The zero-order chi connectivity index (χ0) is 22.8. The van der Waals surface area contributed by atoms with E-state index in [2.05, 4.69) is 12.6 Å². The Morgan fingerprint density at radius 3 is 2.41 bits per heavy atom. The summed E-state index contributed by atoms with van der Waals surface area (Å²) in [5, 5.41) is 1.32. The largest absolute Gasteiger partial charge is 0.325 e. The van der Waals surface area contributed by atoms with Gasteiger partial charge in [-0.2, -0.15) is 0 Å². The number of carbonyl (C=O) groups excluding carboxylic acids is 2. The maximum Gasteiger partial charge on any atom is 0.226 e. The predicted molar refractivity (Wildman–Crippen MR) is 130 cm³/mol. The van der Waals surface area contributed by atoms with E-state index in [0.717, 1.165) is 43.1 Å². The van der Waals surface area contributed by atoms with Gasteiger partial charge in [0.05, 0.1) is 12.1 Å². The first-order valence-corrected chi connectivity index (χ1v) is 12.1. The Labute approximate surface area is 200 Å². The number of hydrogen-bond donors (Lipinski definition) is 0. The fourth-order valence-electron chi connectivity index (χ4n) is 5.36. The van der Waals surface area contributed by atoms with Crippen molar-refractivity contribution >= 4 is 35.4 Å². The second-order valence-corrected chi connectivity index (χ2v) is 9.98.